The lowest BCUT2D eigenvalue weighted by atomic mass is 10.3. The van der Waals surface area contributed by atoms with Gasteiger partial charge >= 0.3 is 0 Å². The topological polar surface area (TPSA) is 55.1 Å². The van der Waals surface area contributed by atoms with Gasteiger partial charge in [-0.25, -0.2) is 0 Å². The van der Waals surface area contributed by atoms with Crippen LogP contribution in [-0.2, 0) is 4.79 Å². The summed E-state index contributed by atoms with van der Waals surface area (Å²) in [6.45, 7) is 1.74. The molecular weight excluding hydrogens is 216 g/mol. The molecule has 0 aliphatic carbocycles. The van der Waals surface area contributed by atoms with E-state index in [1.54, 1.807) is 13.1 Å². The lowest BCUT2D eigenvalue weighted by molar-refractivity contribution is -0.120. The highest BCUT2D eigenvalue weighted by Gasteiger charge is 2.35. The van der Waals surface area contributed by atoms with E-state index in [1.807, 2.05) is 0 Å². The Morgan fingerprint density at radius 1 is 2.00 bits per heavy atom. The van der Waals surface area contributed by atoms with Crippen LogP contribution in [0.25, 0.3) is 0 Å². The smallest absolute Gasteiger partial charge is 0.253 e. The fourth-order valence-electron chi connectivity index (χ4n) is 0.570. The third-order valence-electron chi connectivity index (χ3n) is 1.23. The van der Waals surface area contributed by atoms with Crippen molar-refractivity contribution < 1.29 is 4.79 Å². The molecule has 5 heteroatoms. The summed E-state index contributed by atoms with van der Waals surface area (Å²) < 4.78 is 0.897. The Hall–Kier alpha value is -0.160. The van der Waals surface area contributed by atoms with Gasteiger partial charge in [-0.2, -0.15) is 0 Å². The molecule has 1 aliphatic heterocycles. The molecule has 0 aromatic rings. The van der Waals surface area contributed by atoms with Crippen LogP contribution in [-0.4, -0.2) is 10.8 Å². The fourth-order valence-corrected chi connectivity index (χ4v) is 2.38. The SMILES string of the molecule is CC1(C(N)=O)NC=C(Br)S1. The quantitative estimate of drug-likeness (QED) is 0.688. The number of halogens is 1. The van der Waals surface area contributed by atoms with Crippen molar-refractivity contribution in [2.75, 3.05) is 0 Å². The number of hydrogen-bond donors (Lipinski definition) is 2. The van der Waals surface area contributed by atoms with E-state index in [-0.39, 0.29) is 5.91 Å². The number of nitrogens with one attached hydrogen (secondary N) is 1. The Balaban J connectivity index is 2.70. The second-order valence-corrected chi connectivity index (χ2v) is 4.93. The van der Waals surface area contributed by atoms with Gasteiger partial charge in [0.2, 0.25) is 0 Å². The zero-order valence-electron chi connectivity index (χ0n) is 5.35. The summed E-state index contributed by atoms with van der Waals surface area (Å²) in [6.07, 6.45) is 1.72. The van der Waals surface area contributed by atoms with Crippen molar-refractivity contribution in [1.29, 1.82) is 0 Å². The summed E-state index contributed by atoms with van der Waals surface area (Å²) in [5, 5.41) is 2.86. The third kappa shape index (κ3) is 1.29. The molecule has 0 radical (unpaired) electrons. The van der Waals surface area contributed by atoms with Crippen LogP contribution in [0.15, 0.2) is 10.0 Å². The summed E-state index contributed by atoms with van der Waals surface area (Å²) in [4.78, 5) is 10.1. The van der Waals surface area contributed by atoms with Gasteiger partial charge in [0.05, 0.1) is 3.81 Å². The normalized spacial score (nSPS) is 31.2. The van der Waals surface area contributed by atoms with Gasteiger partial charge in [0.15, 0.2) is 4.87 Å². The summed E-state index contributed by atoms with van der Waals surface area (Å²) in [6, 6.07) is 0. The first kappa shape index (κ1) is 7.94. The van der Waals surface area contributed by atoms with Crippen LogP contribution in [0, 0.1) is 0 Å². The highest BCUT2D eigenvalue weighted by molar-refractivity contribution is 9.14. The van der Waals surface area contributed by atoms with Gasteiger partial charge in [-0.05, 0) is 22.9 Å². The minimum Gasteiger partial charge on any atom is -0.368 e. The highest BCUT2D eigenvalue weighted by Crippen LogP contribution is 2.37. The van der Waals surface area contributed by atoms with Crippen molar-refractivity contribution >= 4 is 33.6 Å². The molecule has 1 heterocycles. The first-order chi connectivity index (χ1) is 4.54. The average Bonchev–Trinajstić information content (AvgIpc) is 2.13. The molecular formula is C5H7BrN2OS. The molecule has 1 unspecified atom stereocenters. The first-order valence-corrected chi connectivity index (χ1v) is 4.28. The Labute approximate surface area is 71.5 Å². The van der Waals surface area contributed by atoms with Gasteiger partial charge in [0.1, 0.15) is 0 Å². The van der Waals surface area contributed by atoms with E-state index < -0.39 is 4.87 Å². The van der Waals surface area contributed by atoms with Gasteiger partial charge in [0.25, 0.3) is 5.91 Å². The standard InChI is InChI=1S/C5H7BrN2OS/c1-5(4(7)9)8-2-3(6)10-5/h2,8H,1H3,(H2,7,9). The molecule has 0 aromatic heterocycles. The van der Waals surface area contributed by atoms with Crippen molar-refractivity contribution in [3.05, 3.63) is 10.0 Å². The minimum atomic E-state index is -0.668. The van der Waals surface area contributed by atoms with E-state index in [1.165, 1.54) is 11.8 Å². The maximum Gasteiger partial charge on any atom is 0.253 e. The van der Waals surface area contributed by atoms with Crippen molar-refractivity contribution in [3.8, 4) is 0 Å². The number of carbonyl (C=O) groups excluding carboxylic acids is 1. The monoisotopic (exact) mass is 222 g/mol. The lowest BCUT2D eigenvalue weighted by Gasteiger charge is -2.18. The maximum atomic E-state index is 10.8. The molecule has 1 aliphatic rings. The van der Waals surface area contributed by atoms with Crippen LogP contribution >= 0.6 is 27.7 Å². The van der Waals surface area contributed by atoms with Gasteiger partial charge in [-0.1, -0.05) is 11.8 Å². The Morgan fingerprint density at radius 3 is 2.80 bits per heavy atom. The lowest BCUT2D eigenvalue weighted by Crippen LogP contribution is -2.45. The van der Waals surface area contributed by atoms with Crippen molar-refractivity contribution in [3.63, 3.8) is 0 Å². The van der Waals surface area contributed by atoms with Gasteiger partial charge in [0, 0.05) is 6.20 Å². The third-order valence-corrected chi connectivity index (χ3v) is 2.99. The number of amides is 1. The predicted octanol–water partition coefficient (Wildman–Crippen LogP) is 0.718. The molecule has 0 fully saturated rings. The summed E-state index contributed by atoms with van der Waals surface area (Å²) in [7, 11) is 0. The van der Waals surface area contributed by atoms with Crippen LogP contribution in [0.1, 0.15) is 6.92 Å². The zero-order chi connectivity index (χ0) is 7.78. The van der Waals surface area contributed by atoms with E-state index in [4.69, 9.17) is 5.73 Å². The number of rotatable bonds is 1. The molecule has 1 atom stereocenters. The van der Waals surface area contributed by atoms with Crippen LogP contribution in [0.4, 0.5) is 0 Å². The van der Waals surface area contributed by atoms with E-state index in [2.05, 4.69) is 21.2 Å². The second-order valence-electron chi connectivity index (χ2n) is 2.09. The van der Waals surface area contributed by atoms with E-state index >= 15 is 0 Å². The molecule has 3 N–H and O–H groups in total. The molecule has 0 saturated heterocycles. The van der Waals surface area contributed by atoms with Crippen LogP contribution in [0.2, 0.25) is 0 Å². The Kier molecular flexibility index (Phi) is 1.96. The number of carbonyl (C=O) groups is 1. The number of hydrogen-bond acceptors (Lipinski definition) is 3. The van der Waals surface area contributed by atoms with Crippen molar-refractivity contribution in [1.82, 2.24) is 5.32 Å². The molecule has 0 bridgehead atoms. The molecule has 0 saturated carbocycles. The number of nitrogens with two attached hydrogens (primary N) is 1. The molecule has 0 spiro atoms. The summed E-state index contributed by atoms with van der Waals surface area (Å²) >= 11 is 4.60. The average molecular weight is 223 g/mol. The number of primary amides is 1. The largest absolute Gasteiger partial charge is 0.368 e. The first-order valence-electron chi connectivity index (χ1n) is 2.67. The van der Waals surface area contributed by atoms with Crippen LogP contribution in [0.3, 0.4) is 0 Å². The number of thioether (sulfide) groups is 1. The van der Waals surface area contributed by atoms with Gasteiger partial charge in [-0.3, -0.25) is 4.79 Å². The molecule has 3 nitrogen and oxygen atoms in total. The van der Waals surface area contributed by atoms with Crippen molar-refractivity contribution in [2.24, 2.45) is 5.73 Å². The van der Waals surface area contributed by atoms with E-state index in [0.29, 0.717) is 0 Å². The predicted molar refractivity (Wildman–Crippen MR) is 45.3 cm³/mol. The van der Waals surface area contributed by atoms with E-state index in [9.17, 15) is 4.79 Å². The second kappa shape index (κ2) is 2.47. The van der Waals surface area contributed by atoms with Gasteiger partial charge in [-0.15, -0.1) is 0 Å². The minimum absolute atomic E-state index is 0.358. The fraction of sp³-hybridized carbons (Fsp3) is 0.400. The van der Waals surface area contributed by atoms with Crippen LogP contribution in [0.5, 0.6) is 0 Å². The van der Waals surface area contributed by atoms with Crippen molar-refractivity contribution in [2.45, 2.75) is 11.8 Å². The summed E-state index contributed by atoms with van der Waals surface area (Å²) in [5.41, 5.74) is 5.12. The Morgan fingerprint density at radius 2 is 2.60 bits per heavy atom. The molecule has 1 amide bonds. The van der Waals surface area contributed by atoms with Gasteiger partial charge < -0.3 is 11.1 Å². The van der Waals surface area contributed by atoms with E-state index in [0.717, 1.165) is 3.81 Å². The van der Waals surface area contributed by atoms with Crippen LogP contribution < -0.4 is 11.1 Å². The Bertz CT molecular complexity index is 206. The molecule has 10 heavy (non-hydrogen) atoms. The molecule has 0 aromatic carbocycles. The highest BCUT2D eigenvalue weighted by atomic mass is 79.9. The summed E-state index contributed by atoms with van der Waals surface area (Å²) in [5.74, 6) is -0.358. The molecule has 56 valence electrons. The zero-order valence-corrected chi connectivity index (χ0v) is 7.75. The maximum absolute atomic E-state index is 10.8. The molecule has 1 rings (SSSR count).